The lowest BCUT2D eigenvalue weighted by molar-refractivity contribution is 0.0867. The minimum Gasteiger partial charge on any atom is -0.413 e. The molecule has 0 heterocycles. The first-order valence-corrected chi connectivity index (χ1v) is 12.1. The molecule has 0 saturated heterocycles. The van der Waals surface area contributed by atoms with E-state index in [1.54, 1.807) is 0 Å². The predicted molar refractivity (Wildman–Crippen MR) is 111 cm³/mol. The fourth-order valence-corrected chi connectivity index (χ4v) is 4.74. The molecule has 0 aliphatic rings. The van der Waals surface area contributed by atoms with Crippen molar-refractivity contribution < 1.29 is 4.43 Å². The Labute approximate surface area is 154 Å². The van der Waals surface area contributed by atoms with Gasteiger partial charge in [0.1, 0.15) is 0 Å². The quantitative estimate of drug-likeness (QED) is 0.345. The molecule has 1 unspecified atom stereocenters. The largest absolute Gasteiger partial charge is 0.413 e. The van der Waals surface area contributed by atoms with E-state index in [1.165, 1.54) is 27.1 Å². The zero-order chi connectivity index (χ0) is 17.5. The first kappa shape index (κ1) is 17.7. The van der Waals surface area contributed by atoms with Gasteiger partial charge >= 0.3 is 0 Å². The Bertz CT molecular complexity index is 880. The summed E-state index contributed by atoms with van der Waals surface area (Å²) in [5, 5.41) is 5.14. The summed E-state index contributed by atoms with van der Waals surface area (Å²) >= 11 is 3.59. The highest BCUT2D eigenvalue weighted by molar-refractivity contribution is 9.10. The first-order chi connectivity index (χ1) is 11.3. The highest BCUT2D eigenvalue weighted by Gasteiger charge is 2.28. The number of rotatable bonds is 3. The molecule has 3 aromatic rings. The minimum absolute atomic E-state index is 0.0881. The number of halogens is 1. The zero-order valence-electron chi connectivity index (χ0n) is 15.1. The maximum atomic E-state index is 6.39. The van der Waals surface area contributed by atoms with Crippen LogP contribution in [-0.2, 0) is 4.43 Å². The molecule has 3 rings (SSSR count). The molecule has 0 aromatic heterocycles. The third-order valence-electron chi connectivity index (χ3n) is 4.32. The van der Waals surface area contributed by atoms with E-state index in [9.17, 15) is 0 Å². The molecule has 0 spiro atoms. The van der Waals surface area contributed by atoms with Crippen LogP contribution in [0.5, 0.6) is 0 Å². The van der Waals surface area contributed by atoms with E-state index in [2.05, 4.69) is 98.3 Å². The maximum absolute atomic E-state index is 6.39. The summed E-state index contributed by atoms with van der Waals surface area (Å²) in [6.45, 7) is 11.3. The maximum Gasteiger partial charge on any atom is 0.171 e. The van der Waals surface area contributed by atoms with Crippen LogP contribution in [0.1, 0.15) is 32.4 Å². The van der Waals surface area contributed by atoms with Crippen molar-refractivity contribution in [1.82, 2.24) is 0 Å². The predicted octanol–water partition coefficient (Wildman–Crippen LogP) is 6.84. The van der Waals surface area contributed by atoms with Gasteiger partial charge in [-0.25, -0.2) is 0 Å². The summed E-state index contributed by atoms with van der Waals surface area (Å²) in [6.07, 6.45) is 0.145. The number of hydrogen-bond donors (Lipinski definition) is 0. The summed E-state index contributed by atoms with van der Waals surface area (Å²) in [5.74, 6) is 0. The lowest BCUT2D eigenvalue weighted by Crippen LogP contribution is -2.25. The molecule has 0 saturated carbocycles. The van der Waals surface area contributed by atoms with E-state index in [1.807, 2.05) is 0 Å². The Kier molecular flexibility index (Phi) is 4.87. The fourth-order valence-electron chi connectivity index (χ4n) is 3.27. The second-order valence-corrected chi connectivity index (χ2v) is 11.1. The Morgan fingerprint density at radius 3 is 2.21 bits per heavy atom. The summed E-state index contributed by atoms with van der Waals surface area (Å²) in [7, 11) is -1.11. The SMILES string of the molecule is C[SiH](C)OC(c1ccc2c(ccc3ccc(Br)cc32)c1)C(C)(C)C. The first-order valence-electron chi connectivity index (χ1n) is 8.53. The number of benzene rings is 3. The van der Waals surface area contributed by atoms with Crippen molar-refractivity contribution in [2.24, 2.45) is 5.41 Å². The topological polar surface area (TPSA) is 9.23 Å². The minimum atomic E-state index is -1.11. The summed E-state index contributed by atoms with van der Waals surface area (Å²) < 4.78 is 7.51. The van der Waals surface area contributed by atoms with Crippen molar-refractivity contribution in [1.29, 1.82) is 0 Å². The van der Waals surface area contributed by atoms with Crippen LogP contribution in [0.4, 0.5) is 0 Å². The van der Waals surface area contributed by atoms with E-state index < -0.39 is 9.04 Å². The molecule has 1 nitrogen and oxygen atoms in total. The van der Waals surface area contributed by atoms with Crippen molar-refractivity contribution >= 4 is 46.5 Å². The molecular weight excluding hydrogens is 376 g/mol. The molecule has 0 radical (unpaired) electrons. The third-order valence-corrected chi connectivity index (χ3v) is 5.63. The van der Waals surface area contributed by atoms with Crippen LogP contribution in [-0.4, -0.2) is 9.04 Å². The molecule has 0 amide bonds. The van der Waals surface area contributed by atoms with Crippen LogP contribution in [0.2, 0.25) is 13.1 Å². The van der Waals surface area contributed by atoms with Crippen molar-refractivity contribution in [2.45, 2.75) is 40.0 Å². The average molecular weight is 401 g/mol. The normalized spacial score (nSPS) is 13.8. The molecule has 126 valence electrons. The lowest BCUT2D eigenvalue weighted by Gasteiger charge is -2.33. The van der Waals surface area contributed by atoms with Gasteiger partial charge < -0.3 is 4.43 Å². The Morgan fingerprint density at radius 1 is 0.875 bits per heavy atom. The molecule has 0 aliphatic heterocycles. The van der Waals surface area contributed by atoms with Gasteiger partial charge in [0.05, 0.1) is 6.10 Å². The van der Waals surface area contributed by atoms with Crippen molar-refractivity contribution in [2.75, 3.05) is 0 Å². The highest BCUT2D eigenvalue weighted by atomic mass is 79.9. The van der Waals surface area contributed by atoms with Gasteiger partial charge in [-0.15, -0.1) is 0 Å². The van der Waals surface area contributed by atoms with Gasteiger partial charge in [0, 0.05) is 4.47 Å². The van der Waals surface area contributed by atoms with E-state index >= 15 is 0 Å². The van der Waals surface area contributed by atoms with Gasteiger partial charge in [0.15, 0.2) is 9.04 Å². The fraction of sp³-hybridized carbons (Fsp3) is 0.333. The van der Waals surface area contributed by atoms with Gasteiger partial charge in [0.25, 0.3) is 0 Å². The van der Waals surface area contributed by atoms with Gasteiger partial charge in [-0.05, 0) is 63.8 Å². The molecular formula is C21H25BrOSi. The summed E-state index contributed by atoms with van der Waals surface area (Å²) in [6, 6.07) is 17.7. The van der Waals surface area contributed by atoms with Gasteiger partial charge in [0.2, 0.25) is 0 Å². The van der Waals surface area contributed by atoms with Gasteiger partial charge in [-0.1, -0.05) is 67.0 Å². The van der Waals surface area contributed by atoms with Crippen LogP contribution in [0.15, 0.2) is 53.0 Å². The smallest absolute Gasteiger partial charge is 0.171 e. The van der Waals surface area contributed by atoms with Gasteiger partial charge in [-0.3, -0.25) is 0 Å². The second-order valence-electron chi connectivity index (χ2n) is 7.84. The molecule has 0 bridgehead atoms. The van der Waals surface area contributed by atoms with E-state index in [4.69, 9.17) is 4.43 Å². The van der Waals surface area contributed by atoms with Gasteiger partial charge in [-0.2, -0.15) is 0 Å². The third kappa shape index (κ3) is 3.58. The molecule has 0 N–H and O–H groups in total. The van der Waals surface area contributed by atoms with E-state index in [0.29, 0.717) is 0 Å². The van der Waals surface area contributed by atoms with E-state index in [-0.39, 0.29) is 11.5 Å². The van der Waals surface area contributed by atoms with Crippen molar-refractivity contribution in [3.05, 3.63) is 58.6 Å². The molecule has 3 aromatic carbocycles. The second kappa shape index (κ2) is 6.62. The van der Waals surface area contributed by atoms with Crippen LogP contribution < -0.4 is 0 Å². The molecule has 0 fully saturated rings. The molecule has 0 aliphatic carbocycles. The average Bonchev–Trinajstić information content (AvgIpc) is 2.50. The Balaban J connectivity index is 2.15. The van der Waals surface area contributed by atoms with E-state index in [0.717, 1.165) is 4.47 Å². The number of hydrogen-bond acceptors (Lipinski definition) is 1. The summed E-state index contributed by atoms with van der Waals surface area (Å²) in [5.41, 5.74) is 1.37. The van der Waals surface area contributed by atoms with Crippen molar-refractivity contribution in [3.8, 4) is 0 Å². The van der Waals surface area contributed by atoms with Crippen molar-refractivity contribution in [3.63, 3.8) is 0 Å². The van der Waals surface area contributed by atoms with Crippen LogP contribution in [0, 0.1) is 5.41 Å². The zero-order valence-corrected chi connectivity index (χ0v) is 17.8. The monoisotopic (exact) mass is 400 g/mol. The Morgan fingerprint density at radius 2 is 1.54 bits per heavy atom. The molecule has 24 heavy (non-hydrogen) atoms. The Hall–Kier alpha value is -1.16. The summed E-state index contributed by atoms with van der Waals surface area (Å²) in [4.78, 5) is 0. The van der Waals surface area contributed by atoms with Crippen LogP contribution in [0.3, 0.4) is 0 Å². The lowest BCUT2D eigenvalue weighted by atomic mass is 9.84. The van der Waals surface area contributed by atoms with Crippen LogP contribution in [0.25, 0.3) is 21.5 Å². The molecule has 1 atom stereocenters. The van der Waals surface area contributed by atoms with Crippen LogP contribution >= 0.6 is 15.9 Å². The standard InChI is InChI=1S/C21H25BrOSi/c1-21(2,3)20(23-24(4)5)16-9-11-18-15(12-16)7-6-14-8-10-17(22)13-19(14)18/h6-13,20,24H,1-5H3. The number of fused-ring (bicyclic) bond motifs is 3. The molecule has 3 heteroatoms. The highest BCUT2D eigenvalue weighted by Crippen LogP contribution is 2.38.